The first-order chi connectivity index (χ1) is 16.0. The molecule has 0 aliphatic carbocycles. The molecule has 0 amide bonds. The zero-order valence-corrected chi connectivity index (χ0v) is 19.4. The molecule has 33 heavy (non-hydrogen) atoms. The van der Waals surface area contributed by atoms with E-state index in [1.807, 2.05) is 6.07 Å². The highest BCUT2D eigenvalue weighted by atomic mass is 19.1. The lowest BCUT2D eigenvalue weighted by atomic mass is 9.99. The molecular weight excluding hydrogens is 418 g/mol. The molecule has 2 heterocycles. The second-order valence-electron chi connectivity index (χ2n) is 9.18. The monoisotopic (exact) mass is 450 g/mol. The molecule has 0 spiro atoms. The van der Waals surface area contributed by atoms with Crippen LogP contribution < -0.4 is 5.32 Å². The van der Waals surface area contributed by atoms with Gasteiger partial charge in [-0.25, -0.2) is 18.7 Å². The third kappa shape index (κ3) is 6.42. The Balaban J connectivity index is 1.41. The van der Waals surface area contributed by atoms with Crippen molar-refractivity contribution in [2.24, 2.45) is 5.92 Å². The van der Waals surface area contributed by atoms with Gasteiger partial charge in [-0.2, -0.15) is 0 Å². The molecule has 1 N–H and O–H groups in total. The summed E-state index contributed by atoms with van der Waals surface area (Å²) >= 11 is 0. The SMILES string of the molecule is CC(C)C1CNCCN1Cc1cccc(-c2ccnc(CCCc3cc(F)cc(F)c3)n2)c1. The van der Waals surface area contributed by atoms with Crippen LogP contribution in [-0.4, -0.2) is 40.5 Å². The maximum atomic E-state index is 13.4. The van der Waals surface area contributed by atoms with Crippen molar-refractivity contribution in [2.75, 3.05) is 19.6 Å². The molecule has 0 radical (unpaired) electrons. The average Bonchev–Trinajstić information content (AvgIpc) is 2.79. The fourth-order valence-electron chi connectivity index (χ4n) is 4.57. The highest BCUT2D eigenvalue weighted by Gasteiger charge is 2.24. The molecule has 4 nitrogen and oxygen atoms in total. The Labute approximate surface area is 195 Å². The second-order valence-corrected chi connectivity index (χ2v) is 9.18. The summed E-state index contributed by atoms with van der Waals surface area (Å²) in [5.41, 5.74) is 3.93. The number of nitrogens with zero attached hydrogens (tertiary/aromatic N) is 3. The number of aromatic nitrogens is 2. The van der Waals surface area contributed by atoms with E-state index >= 15 is 0 Å². The molecule has 4 rings (SSSR count). The zero-order chi connectivity index (χ0) is 23.2. The van der Waals surface area contributed by atoms with Crippen molar-refractivity contribution in [3.05, 3.63) is 83.3 Å². The van der Waals surface area contributed by atoms with Crippen LogP contribution >= 0.6 is 0 Å². The van der Waals surface area contributed by atoms with E-state index in [-0.39, 0.29) is 0 Å². The predicted octanol–water partition coefficient (Wildman–Crippen LogP) is 5.03. The Kier molecular flexibility index (Phi) is 7.78. The summed E-state index contributed by atoms with van der Waals surface area (Å²) in [7, 11) is 0. The van der Waals surface area contributed by atoms with E-state index in [0.29, 0.717) is 30.4 Å². The van der Waals surface area contributed by atoms with Crippen LogP contribution in [0.15, 0.2) is 54.7 Å². The summed E-state index contributed by atoms with van der Waals surface area (Å²) in [5.74, 6) is 0.276. The summed E-state index contributed by atoms with van der Waals surface area (Å²) < 4.78 is 26.8. The molecule has 174 valence electrons. The number of benzene rings is 2. The third-order valence-corrected chi connectivity index (χ3v) is 6.27. The van der Waals surface area contributed by atoms with Gasteiger partial charge in [0.1, 0.15) is 17.5 Å². The minimum Gasteiger partial charge on any atom is -0.314 e. The minimum absolute atomic E-state index is 0.538. The van der Waals surface area contributed by atoms with Gasteiger partial charge < -0.3 is 5.32 Å². The van der Waals surface area contributed by atoms with Gasteiger partial charge in [-0.1, -0.05) is 32.0 Å². The third-order valence-electron chi connectivity index (χ3n) is 6.27. The first-order valence-corrected chi connectivity index (χ1v) is 11.8. The molecule has 3 aromatic rings. The molecule has 6 heteroatoms. The number of rotatable bonds is 8. The predicted molar refractivity (Wildman–Crippen MR) is 128 cm³/mol. The van der Waals surface area contributed by atoms with E-state index in [9.17, 15) is 8.78 Å². The van der Waals surface area contributed by atoms with Crippen LogP contribution in [0.4, 0.5) is 8.78 Å². The van der Waals surface area contributed by atoms with Gasteiger partial charge in [0.05, 0.1) is 5.69 Å². The van der Waals surface area contributed by atoms with Crippen molar-refractivity contribution < 1.29 is 8.78 Å². The van der Waals surface area contributed by atoms with Gasteiger partial charge in [0, 0.05) is 56.5 Å². The zero-order valence-electron chi connectivity index (χ0n) is 19.4. The number of hydrogen-bond acceptors (Lipinski definition) is 4. The molecule has 1 aliphatic rings. The summed E-state index contributed by atoms with van der Waals surface area (Å²) in [6.45, 7) is 8.62. The Hall–Kier alpha value is -2.70. The van der Waals surface area contributed by atoms with Gasteiger partial charge >= 0.3 is 0 Å². The van der Waals surface area contributed by atoms with Crippen molar-refractivity contribution in [3.63, 3.8) is 0 Å². The summed E-state index contributed by atoms with van der Waals surface area (Å²) in [5, 5.41) is 3.51. The summed E-state index contributed by atoms with van der Waals surface area (Å²) in [4.78, 5) is 11.7. The van der Waals surface area contributed by atoms with Crippen molar-refractivity contribution in [3.8, 4) is 11.3 Å². The van der Waals surface area contributed by atoms with E-state index in [4.69, 9.17) is 4.98 Å². The fourth-order valence-corrected chi connectivity index (χ4v) is 4.57. The van der Waals surface area contributed by atoms with Crippen LogP contribution in [0.2, 0.25) is 0 Å². The maximum absolute atomic E-state index is 13.4. The molecular formula is C27H32F2N4. The first kappa shape index (κ1) is 23.5. The van der Waals surface area contributed by atoms with E-state index in [1.54, 1.807) is 6.20 Å². The lowest BCUT2D eigenvalue weighted by Gasteiger charge is -2.38. The summed E-state index contributed by atoms with van der Waals surface area (Å²) in [6.07, 6.45) is 3.76. The quantitative estimate of drug-likeness (QED) is 0.523. The number of nitrogens with one attached hydrogen (secondary N) is 1. The lowest BCUT2D eigenvalue weighted by molar-refractivity contribution is 0.117. The topological polar surface area (TPSA) is 41.0 Å². The van der Waals surface area contributed by atoms with Gasteiger partial charge in [0.25, 0.3) is 0 Å². The summed E-state index contributed by atoms with van der Waals surface area (Å²) in [6, 6.07) is 14.7. The molecule has 0 saturated carbocycles. The highest BCUT2D eigenvalue weighted by Crippen LogP contribution is 2.22. The van der Waals surface area contributed by atoms with E-state index in [1.165, 1.54) is 17.7 Å². The van der Waals surface area contributed by atoms with Gasteiger partial charge in [0.2, 0.25) is 0 Å². The molecule has 1 fully saturated rings. The van der Waals surface area contributed by atoms with Gasteiger partial charge in [0.15, 0.2) is 0 Å². The molecule has 1 aromatic heterocycles. The normalized spacial score (nSPS) is 16.9. The van der Waals surface area contributed by atoms with E-state index in [0.717, 1.165) is 55.7 Å². The van der Waals surface area contributed by atoms with E-state index in [2.05, 4.69) is 53.3 Å². The number of piperazine rings is 1. The van der Waals surface area contributed by atoms with Gasteiger partial charge in [-0.3, -0.25) is 4.90 Å². The maximum Gasteiger partial charge on any atom is 0.128 e. The van der Waals surface area contributed by atoms with Crippen molar-refractivity contribution in [1.82, 2.24) is 20.2 Å². The van der Waals surface area contributed by atoms with E-state index < -0.39 is 11.6 Å². The Morgan fingerprint density at radius 1 is 1.03 bits per heavy atom. The lowest BCUT2D eigenvalue weighted by Crippen LogP contribution is -2.52. The number of hydrogen-bond donors (Lipinski definition) is 1. The molecule has 1 atom stereocenters. The molecule has 1 aliphatic heterocycles. The number of aryl methyl sites for hydroxylation is 2. The number of halogens is 2. The van der Waals surface area contributed by atoms with Crippen LogP contribution in [0.3, 0.4) is 0 Å². The molecule has 1 saturated heterocycles. The Morgan fingerprint density at radius 3 is 2.64 bits per heavy atom. The largest absolute Gasteiger partial charge is 0.314 e. The van der Waals surface area contributed by atoms with Crippen LogP contribution in [-0.2, 0) is 19.4 Å². The minimum atomic E-state index is -0.538. The second kappa shape index (κ2) is 10.9. The Morgan fingerprint density at radius 2 is 1.85 bits per heavy atom. The highest BCUT2D eigenvalue weighted by molar-refractivity contribution is 5.59. The van der Waals surface area contributed by atoms with Gasteiger partial charge in [-0.15, -0.1) is 0 Å². The van der Waals surface area contributed by atoms with Crippen LogP contribution in [0.25, 0.3) is 11.3 Å². The van der Waals surface area contributed by atoms with Crippen LogP contribution in [0.1, 0.15) is 37.2 Å². The van der Waals surface area contributed by atoms with Crippen molar-refractivity contribution >= 4 is 0 Å². The molecule has 1 unspecified atom stereocenters. The van der Waals surface area contributed by atoms with Crippen LogP contribution in [0, 0.1) is 17.6 Å². The molecule has 2 aromatic carbocycles. The smallest absolute Gasteiger partial charge is 0.128 e. The fraction of sp³-hybridized carbons (Fsp3) is 0.407. The van der Waals surface area contributed by atoms with Crippen molar-refractivity contribution in [1.29, 1.82) is 0 Å². The molecule has 0 bridgehead atoms. The Bertz CT molecular complexity index is 1050. The van der Waals surface area contributed by atoms with Crippen LogP contribution in [0.5, 0.6) is 0 Å². The first-order valence-electron chi connectivity index (χ1n) is 11.8. The van der Waals surface area contributed by atoms with Gasteiger partial charge in [-0.05, 0) is 54.2 Å². The van der Waals surface area contributed by atoms with Crippen molar-refractivity contribution in [2.45, 2.75) is 45.7 Å². The average molecular weight is 451 g/mol. The standard InChI is InChI=1S/C27H32F2N4/c1-19(2)26-17-30-11-12-33(26)18-21-6-3-7-22(13-21)25-9-10-31-27(32-25)8-4-5-20-14-23(28)16-24(29)15-20/h3,6-7,9-10,13-16,19,26,30H,4-5,8,11-12,17-18H2,1-2H3.